The molecule has 0 atom stereocenters. The summed E-state index contributed by atoms with van der Waals surface area (Å²) in [6.45, 7) is 10.7. The molecular formula is C15H30N6. The summed E-state index contributed by atoms with van der Waals surface area (Å²) >= 11 is 0. The smallest absolute Gasteiger partial charge is 0.148 e. The topological polar surface area (TPSA) is 79.1 Å². The second kappa shape index (κ2) is 8.79. The fraction of sp³-hybridized carbons (Fsp3) is 0.733. The molecule has 0 spiro atoms. The minimum atomic E-state index is 0.312. The standard InChI is InChI=1S/C15H30N6/c1-11(2)13-14(18-10-19-15(13)20-16)17-8-6-7-9-21(5)12(3)4/h10-12H,6-9,16H2,1-5H3,(H2,17,18,19,20). The second-order valence-electron chi connectivity index (χ2n) is 5.99. The van der Waals surface area contributed by atoms with Crippen molar-refractivity contribution >= 4 is 11.6 Å². The molecule has 1 heterocycles. The van der Waals surface area contributed by atoms with E-state index in [1.54, 1.807) is 0 Å². The average molecular weight is 294 g/mol. The number of nitrogen functional groups attached to an aromatic ring is 1. The Morgan fingerprint density at radius 3 is 2.38 bits per heavy atom. The van der Waals surface area contributed by atoms with E-state index in [4.69, 9.17) is 5.84 Å². The molecule has 0 saturated heterocycles. The molecule has 0 aliphatic heterocycles. The van der Waals surface area contributed by atoms with Gasteiger partial charge in [0.2, 0.25) is 0 Å². The first-order valence-electron chi connectivity index (χ1n) is 7.73. The van der Waals surface area contributed by atoms with E-state index in [0.717, 1.165) is 30.9 Å². The van der Waals surface area contributed by atoms with Crippen LogP contribution in [0.3, 0.4) is 0 Å². The third-order valence-corrected chi connectivity index (χ3v) is 3.71. The van der Waals surface area contributed by atoms with Crippen LogP contribution >= 0.6 is 0 Å². The fourth-order valence-corrected chi connectivity index (χ4v) is 2.15. The highest BCUT2D eigenvalue weighted by molar-refractivity contribution is 5.58. The van der Waals surface area contributed by atoms with Gasteiger partial charge in [0.15, 0.2) is 0 Å². The monoisotopic (exact) mass is 294 g/mol. The van der Waals surface area contributed by atoms with Crippen molar-refractivity contribution in [3.8, 4) is 0 Å². The zero-order valence-electron chi connectivity index (χ0n) is 14.0. The van der Waals surface area contributed by atoms with Crippen LogP contribution in [0.5, 0.6) is 0 Å². The van der Waals surface area contributed by atoms with E-state index in [9.17, 15) is 0 Å². The molecule has 0 aromatic carbocycles. The molecule has 120 valence electrons. The van der Waals surface area contributed by atoms with Gasteiger partial charge >= 0.3 is 0 Å². The first kappa shape index (κ1) is 17.7. The quantitative estimate of drug-likeness (QED) is 0.369. The van der Waals surface area contributed by atoms with Crippen LogP contribution < -0.4 is 16.6 Å². The van der Waals surface area contributed by atoms with Gasteiger partial charge in [0.1, 0.15) is 18.0 Å². The van der Waals surface area contributed by atoms with Crippen molar-refractivity contribution in [1.29, 1.82) is 0 Å². The Balaban J connectivity index is 2.49. The van der Waals surface area contributed by atoms with E-state index in [2.05, 4.69) is 60.4 Å². The first-order chi connectivity index (χ1) is 9.97. The van der Waals surface area contributed by atoms with E-state index < -0.39 is 0 Å². The van der Waals surface area contributed by atoms with Gasteiger partial charge in [-0.15, -0.1) is 0 Å². The number of unbranched alkanes of at least 4 members (excludes halogenated alkanes) is 1. The molecular weight excluding hydrogens is 264 g/mol. The van der Waals surface area contributed by atoms with E-state index >= 15 is 0 Å². The van der Waals surface area contributed by atoms with Crippen LogP contribution in [-0.2, 0) is 0 Å². The SMILES string of the molecule is CC(C)c1c(NN)ncnc1NCCCCN(C)C(C)C. The number of anilines is 2. The Labute approximate surface area is 128 Å². The lowest BCUT2D eigenvalue weighted by atomic mass is 10.0. The third-order valence-electron chi connectivity index (χ3n) is 3.71. The van der Waals surface area contributed by atoms with E-state index in [1.165, 1.54) is 12.7 Å². The number of aromatic nitrogens is 2. The lowest BCUT2D eigenvalue weighted by Crippen LogP contribution is -2.27. The second-order valence-corrected chi connectivity index (χ2v) is 5.99. The Kier molecular flexibility index (Phi) is 7.39. The van der Waals surface area contributed by atoms with Crippen molar-refractivity contribution in [2.24, 2.45) is 5.84 Å². The molecule has 0 aliphatic rings. The molecule has 0 aliphatic carbocycles. The van der Waals surface area contributed by atoms with Gasteiger partial charge in [-0.25, -0.2) is 15.8 Å². The Morgan fingerprint density at radius 1 is 1.14 bits per heavy atom. The number of hydrogen-bond acceptors (Lipinski definition) is 6. The molecule has 6 nitrogen and oxygen atoms in total. The van der Waals surface area contributed by atoms with Gasteiger partial charge in [-0.1, -0.05) is 13.8 Å². The van der Waals surface area contributed by atoms with Gasteiger partial charge in [-0.3, -0.25) is 0 Å². The average Bonchev–Trinajstić information content (AvgIpc) is 2.45. The maximum atomic E-state index is 5.52. The Bertz CT molecular complexity index is 419. The van der Waals surface area contributed by atoms with Crippen molar-refractivity contribution in [2.75, 3.05) is 30.9 Å². The van der Waals surface area contributed by atoms with Crippen molar-refractivity contribution in [3.05, 3.63) is 11.9 Å². The number of nitrogens with zero attached hydrogens (tertiary/aromatic N) is 3. The minimum absolute atomic E-state index is 0.312. The van der Waals surface area contributed by atoms with Crippen LogP contribution in [0.25, 0.3) is 0 Å². The van der Waals surface area contributed by atoms with Gasteiger partial charge in [-0.2, -0.15) is 0 Å². The molecule has 0 saturated carbocycles. The summed E-state index contributed by atoms with van der Waals surface area (Å²) in [5.41, 5.74) is 3.69. The molecule has 0 unspecified atom stereocenters. The molecule has 21 heavy (non-hydrogen) atoms. The zero-order valence-corrected chi connectivity index (χ0v) is 14.0. The summed E-state index contributed by atoms with van der Waals surface area (Å²) in [7, 11) is 2.17. The normalized spacial score (nSPS) is 11.5. The number of nitrogens with two attached hydrogens (primary N) is 1. The number of nitrogens with one attached hydrogen (secondary N) is 2. The van der Waals surface area contributed by atoms with Crippen LogP contribution in [0.1, 0.15) is 52.0 Å². The van der Waals surface area contributed by atoms with E-state index in [-0.39, 0.29) is 0 Å². The summed E-state index contributed by atoms with van der Waals surface area (Å²) in [6, 6.07) is 0.602. The molecule has 4 N–H and O–H groups in total. The minimum Gasteiger partial charge on any atom is -0.370 e. The Morgan fingerprint density at radius 2 is 1.81 bits per heavy atom. The van der Waals surface area contributed by atoms with Crippen LogP contribution in [0.15, 0.2) is 6.33 Å². The van der Waals surface area contributed by atoms with E-state index in [1.807, 2.05) is 0 Å². The largest absolute Gasteiger partial charge is 0.370 e. The molecule has 1 rings (SSSR count). The third kappa shape index (κ3) is 5.47. The fourth-order valence-electron chi connectivity index (χ4n) is 2.15. The van der Waals surface area contributed by atoms with Gasteiger partial charge in [-0.05, 0) is 46.2 Å². The molecule has 0 amide bonds. The van der Waals surface area contributed by atoms with Gasteiger partial charge < -0.3 is 15.6 Å². The molecule has 0 fully saturated rings. The van der Waals surface area contributed by atoms with Gasteiger partial charge in [0.05, 0.1) is 0 Å². The highest BCUT2D eigenvalue weighted by atomic mass is 15.3. The summed E-state index contributed by atoms with van der Waals surface area (Å²) in [5.74, 6) is 7.41. The highest BCUT2D eigenvalue weighted by Gasteiger charge is 2.13. The Hall–Kier alpha value is -1.40. The predicted molar refractivity (Wildman–Crippen MR) is 89.4 cm³/mol. The van der Waals surface area contributed by atoms with Crippen molar-refractivity contribution < 1.29 is 0 Å². The van der Waals surface area contributed by atoms with Gasteiger partial charge in [0.25, 0.3) is 0 Å². The number of hydrazine groups is 1. The number of hydrogen-bond donors (Lipinski definition) is 3. The summed E-state index contributed by atoms with van der Waals surface area (Å²) in [4.78, 5) is 10.9. The molecule has 0 bridgehead atoms. The zero-order chi connectivity index (χ0) is 15.8. The van der Waals surface area contributed by atoms with Crippen LogP contribution in [-0.4, -0.2) is 41.0 Å². The molecule has 0 radical (unpaired) electrons. The maximum absolute atomic E-state index is 5.52. The van der Waals surface area contributed by atoms with Crippen molar-refractivity contribution in [2.45, 2.75) is 52.5 Å². The maximum Gasteiger partial charge on any atom is 0.148 e. The van der Waals surface area contributed by atoms with E-state index in [0.29, 0.717) is 17.8 Å². The summed E-state index contributed by atoms with van der Waals surface area (Å²) in [5, 5.41) is 3.41. The highest BCUT2D eigenvalue weighted by Crippen LogP contribution is 2.27. The molecule has 1 aromatic rings. The first-order valence-corrected chi connectivity index (χ1v) is 7.73. The number of rotatable bonds is 9. The van der Waals surface area contributed by atoms with Gasteiger partial charge in [0, 0.05) is 18.2 Å². The molecule has 1 aromatic heterocycles. The van der Waals surface area contributed by atoms with Crippen LogP contribution in [0.4, 0.5) is 11.6 Å². The lowest BCUT2D eigenvalue weighted by molar-refractivity contribution is 0.269. The summed E-state index contributed by atoms with van der Waals surface area (Å²) in [6.07, 6.45) is 3.83. The lowest BCUT2D eigenvalue weighted by Gasteiger charge is -2.21. The van der Waals surface area contributed by atoms with Crippen molar-refractivity contribution in [3.63, 3.8) is 0 Å². The summed E-state index contributed by atoms with van der Waals surface area (Å²) < 4.78 is 0. The van der Waals surface area contributed by atoms with Crippen LogP contribution in [0.2, 0.25) is 0 Å². The predicted octanol–water partition coefficient (Wildman–Crippen LogP) is 2.42. The molecule has 6 heteroatoms. The van der Waals surface area contributed by atoms with Crippen LogP contribution in [0, 0.1) is 0 Å². The van der Waals surface area contributed by atoms with Crippen molar-refractivity contribution in [1.82, 2.24) is 14.9 Å².